The fourth-order valence-electron chi connectivity index (χ4n) is 4.50. The van der Waals surface area contributed by atoms with Gasteiger partial charge in [-0.05, 0) is 47.5 Å². The molecular weight excluding hydrogens is 475 g/mol. The summed E-state index contributed by atoms with van der Waals surface area (Å²) in [4.78, 5) is 0. The summed E-state index contributed by atoms with van der Waals surface area (Å²) in [5.74, 6) is 0.861. The number of hydrogen-bond acceptors (Lipinski definition) is 6. The molecule has 0 amide bonds. The van der Waals surface area contributed by atoms with Crippen molar-refractivity contribution in [1.82, 2.24) is 0 Å². The second-order valence-electron chi connectivity index (χ2n) is 8.46. The number of hydrogen-bond donors (Lipinski definition) is 2. The van der Waals surface area contributed by atoms with Gasteiger partial charge in [0.15, 0.2) is 6.29 Å². The molecule has 2 heterocycles. The Kier molecular flexibility index (Phi) is 6.27. The molecule has 1 atom stereocenters. The summed E-state index contributed by atoms with van der Waals surface area (Å²) in [6.45, 7) is 0.568. The minimum atomic E-state index is -4.49. The quantitative estimate of drug-likeness (QED) is 0.413. The molecule has 5 rings (SSSR count). The number of methoxy groups -OCH3 is 2. The van der Waals surface area contributed by atoms with Crippen molar-refractivity contribution in [1.29, 1.82) is 0 Å². The van der Waals surface area contributed by atoms with E-state index >= 15 is 0 Å². The zero-order valence-corrected chi connectivity index (χ0v) is 19.6. The topological polar surface area (TPSA) is 69.2 Å². The molecule has 3 aromatic rings. The van der Waals surface area contributed by atoms with Crippen LogP contribution in [0.3, 0.4) is 0 Å². The van der Waals surface area contributed by atoms with Crippen LogP contribution in [0.15, 0.2) is 60.7 Å². The van der Waals surface area contributed by atoms with Gasteiger partial charge in [0.05, 0.1) is 5.56 Å². The van der Waals surface area contributed by atoms with E-state index in [9.17, 15) is 18.3 Å². The fraction of sp³-hybridized carbons (Fsp3) is 0.259. The number of phenols is 1. The number of nitrogens with one attached hydrogen (secondary N) is 1. The second kappa shape index (κ2) is 9.40. The van der Waals surface area contributed by atoms with Gasteiger partial charge in [-0.1, -0.05) is 18.2 Å². The number of alkyl halides is 3. The molecule has 3 aromatic carbocycles. The van der Waals surface area contributed by atoms with E-state index in [4.69, 9.17) is 18.9 Å². The Balaban J connectivity index is 1.56. The van der Waals surface area contributed by atoms with Crippen LogP contribution >= 0.6 is 0 Å². The van der Waals surface area contributed by atoms with Crippen LogP contribution < -0.4 is 14.8 Å². The lowest BCUT2D eigenvalue weighted by Gasteiger charge is -2.36. The Labute approximate surface area is 205 Å². The SMILES string of the molecule is COC(COc1ccc([C@H]2Oc3cc(C(F)(F)F)ccc3C3=C2c2ccc(O)cc2NC3)cc1)OC. The molecule has 0 fully saturated rings. The van der Waals surface area contributed by atoms with E-state index in [1.54, 1.807) is 30.3 Å². The molecule has 0 radical (unpaired) electrons. The third-order valence-electron chi connectivity index (χ3n) is 6.31. The van der Waals surface area contributed by atoms with Gasteiger partial charge in [0.1, 0.15) is 30.0 Å². The van der Waals surface area contributed by atoms with Gasteiger partial charge < -0.3 is 29.4 Å². The Morgan fingerprint density at radius 3 is 2.42 bits per heavy atom. The molecule has 36 heavy (non-hydrogen) atoms. The number of halogens is 3. The predicted octanol–water partition coefficient (Wildman–Crippen LogP) is 5.88. The third kappa shape index (κ3) is 4.47. The van der Waals surface area contributed by atoms with E-state index < -0.39 is 24.1 Å². The first-order valence-electron chi connectivity index (χ1n) is 11.3. The van der Waals surface area contributed by atoms with E-state index in [0.29, 0.717) is 17.9 Å². The van der Waals surface area contributed by atoms with Crippen molar-refractivity contribution in [3.8, 4) is 17.2 Å². The molecule has 0 bridgehead atoms. The molecular formula is C27H24F3NO5. The van der Waals surface area contributed by atoms with Crippen molar-refractivity contribution < 1.29 is 37.2 Å². The van der Waals surface area contributed by atoms with Gasteiger partial charge in [-0.15, -0.1) is 0 Å². The maximum absolute atomic E-state index is 13.4. The normalized spacial score (nSPS) is 16.6. The van der Waals surface area contributed by atoms with Crippen LogP contribution in [0, 0.1) is 0 Å². The van der Waals surface area contributed by atoms with Crippen LogP contribution in [0.1, 0.15) is 28.4 Å². The summed E-state index contributed by atoms with van der Waals surface area (Å²) in [6, 6.07) is 15.7. The van der Waals surface area contributed by atoms with Gasteiger partial charge in [-0.25, -0.2) is 0 Å². The fourth-order valence-corrected chi connectivity index (χ4v) is 4.50. The van der Waals surface area contributed by atoms with Gasteiger partial charge >= 0.3 is 6.18 Å². The van der Waals surface area contributed by atoms with Gasteiger partial charge in [-0.3, -0.25) is 0 Å². The smallest absolute Gasteiger partial charge is 0.416 e. The van der Waals surface area contributed by atoms with E-state index in [1.165, 1.54) is 20.3 Å². The molecule has 6 nitrogen and oxygen atoms in total. The Morgan fingerprint density at radius 1 is 1.00 bits per heavy atom. The first-order valence-corrected chi connectivity index (χ1v) is 11.3. The monoisotopic (exact) mass is 499 g/mol. The van der Waals surface area contributed by atoms with Crippen molar-refractivity contribution in [2.45, 2.75) is 18.6 Å². The van der Waals surface area contributed by atoms with E-state index in [1.807, 2.05) is 12.1 Å². The Hall–Kier alpha value is -3.69. The van der Waals surface area contributed by atoms with Crippen LogP contribution in [-0.2, 0) is 15.7 Å². The van der Waals surface area contributed by atoms with E-state index in [0.717, 1.165) is 40.1 Å². The molecule has 0 saturated carbocycles. The lowest BCUT2D eigenvalue weighted by Crippen LogP contribution is -2.24. The van der Waals surface area contributed by atoms with Crippen LogP contribution in [0.5, 0.6) is 17.2 Å². The maximum atomic E-state index is 13.4. The van der Waals surface area contributed by atoms with Crippen molar-refractivity contribution in [2.75, 3.05) is 32.7 Å². The van der Waals surface area contributed by atoms with Gasteiger partial charge in [0.25, 0.3) is 0 Å². The standard InChI is InChI=1S/C27H24F3NO5/c1-33-24(34-2)14-35-18-7-3-15(4-8-18)26-25-20-10-6-17(32)12-22(20)31-13-21(25)19-9-5-16(27(28,29)30)11-23(19)36-26/h3-12,24,26,31-32H,13-14H2,1-2H3/t26-/m1/s1. The third-order valence-corrected chi connectivity index (χ3v) is 6.31. The van der Waals surface area contributed by atoms with Crippen LogP contribution in [0.2, 0.25) is 0 Å². The Bertz CT molecular complexity index is 1300. The summed E-state index contributed by atoms with van der Waals surface area (Å²) in [5.41, 5.74) is 3.79. The predicted molar refractivity (Wildman–Crippen MR) is 128 cm³/mol. The summed E-state index contributed by atoms with van der Waals surface area (Å²) in [6.07, 6.45) is -5.67. The first-order chi connectivity index (χ1) is 17.3. The van der Waals surface area contributed by atoms with Crippen LogP contribution in [0.25, 0.3) is 11.1 Å². The number of benzene rings is 3. The van der Waals surface area contributed by atoms with Crippen molar-refractivity contribution in [3.63, 3.8) is 0 Å². The molecule has 9 heteroatoms. The molecule has 188 valence electrons. The lowest BCUT2D eigenvalue weighted by molar-refractivity contribution is -0.137. The van der Waals surface area contributed by atoms with E-state index in [2.05, 4.69) is 5.32 Å². The summed E-state index contributed by atoms with van der Waals surface area (Å²) in [7, 11) is 3.04. The van der Waals surface area contributed by atoms with E-state index in [-0.39, 0.29) is 18.1 Å². The largest absolute Gasteiger partial charge is 0.508 e. The van der Waals surface area contributed by atoms with Crippen molar-refractivity contribution in [3.05, 3.63) is 82.9 Å². The minimum absolute atomic E-state index is 0.112. The summed E-state index contributed by atoms with van der Waals surface area (Å²) < 4.78 is 62.5. The summed E-state index contributed by atoms with van der Waals surface area (Å²) >= 11 is 0. The van der Waals surface area contributed by atoms with Crippen molar-refractivity contribution >= 4 is 16.8 Å². The molecule has 0 aliphatic carbocycles. The number of ether oxygens (including phenoxy) is 4. The molecule has 0 unspecified atom stereocenters. The average Bonchev–Trinajstić information content (AvgIpc) is 2.87. The number of phenolic OH excluding ortho intramolecular Hbond substituents is 1. The highest BCUT2D eigenvalue weighted by molar-refractivity contribution is 6.02. The number of rotatable bonds is 6. The maximum Gasteiger partial charge on any atom is 0.416 e. The summed E-state index contributed by atoms with van der Waals surface area (Å²) in [5, 5.41) is 13.2. The first kappa shape index (κ1) is 24.0. The highest BCUT2D eigenvalue weighted by atomic mass is 19.4. The minimum Gasteiger partial charge on any atom is -0.508 e. The molecule has 0 spiro atoms. The zero-order chi connectivity index (χ0) is 25.4. The van der Waals surface area contributed by atoms with Crippen molar-refractivity contribution in [2.24, 2.45) is 0 Å². The van der Waals surface area contributed by atoms with Crippen LogP contribution in [-0.4, -0.2) is 38.8 Å². The van der Waals surface area contributed by atoms with Gasteiger partial charge in [0.2, 0.25) is 0 Å². The molecule has 2 N–H and O–H groups in total. The Morgan fingerprint density at radius 2 is 1.72 bits per heavy atom. The van der Waals surface area contributed by atoms with Gasteiger partial charge in [-0.2, -0.15) is 13.2 Å². The second-order valence-corrected chi connectivity index (χ2v) is 8.46. The van der Waals surface area contributed by atoms with Crippen LogP contribution in [0.4, 0.5) is 18.9 Å². The zero-order valence-electron chi connectivity index (χ0n) is 19.6. The lowest BCUT2D eigenvalue weighted by atomic mass is 9.82. The molecule has 0 aromatic heterocycles. The average molecular weight is 499 g/mol. The molecule has 2 aliphatic rings. The highest BCUT2D eigenvalue weighted by Gasteiger charge is 2.37. The molecule has 2 aliphatic heterocycles. The molecule has 0 saturated heterocycles. The number of anilines is 1. The highest BCUT2D eigenvalue weighted by Crippen LogP contribution is 2.51. The van der Waals surface area contributed by atoms with Gasteiger partial charge in [0, 0.05) is 49.2 Å². The number of fused-ring (bicyclic) bond motifs is 4. The number of aromatic hydroxyl groups is 1.